The van der Waals surface area contributed by atoms with E-state index >= 15 is 0 Å². The van der Waals surface area contributed by atoms with E-state index in [1.165, 1.54) is 31.4 Å². The van der Waals surface area contributed by atoms with Crippen LogP contribution < -0.4 is 0 Å². The van der Waals surface area contributed by atoms with Gasteiger partial charge in [0.05, 0.1) is 0 Å². The lowest BCUT2D eigenvalue weighted by atomic mass is 9.99. The van der Waals surface area contributed by atoms with E-state index in [1.807, 2.05) is 36.4 Å². The molecule has 0 saturated heterocycles. The van der Waals surface area contributed by atoms with Crippen LogP contribution in [0.1, 0.15) is 78.7 Å². The van der Waals surface area contributed by atoms with Crippen molar-refractivity contribution in [2.24, 2.45) is 0 Å². The second-order valence-electron chi connectivity index (χ2n) is 8.67. The van der Waals surface area contributed by atoms with Crippen LogP contribution in [0.25, 0.3) is 21.8 Å². The van der Waals surface area contributed by atoms with Crippen molar-refractivity contribution in [3.05, 3.63) is 77.4 Å². The third-order valence-corrected chi connectivity index (χ3v) is 6.40. The van der Waals surface area contributed by atoms with Crippen LogP contribution in [0.15, 0.2) is 60.7 Å². The number of ketones is 2. The second-order valence-corrected chi connectivity index (χ2v) is 8.67. The molecule has 1 heterocycles. The molecule has 4 aromatic rings. The average molecular weight is 442 g/mol. The molecule has 0 unspecified atom stereocenters. The minimum atomic E-state index is -0.0893. The molecule has 1 N–H and O–H groups in total. The highest BCUT2D eigenvalue weighted by Crippen LogP contribution is 2.32. The lowest BCUT2D eigenvalue weighted by molar-refractivity contribution is 0.0978. The molecule has 0 saturated carbocycles. The van der Waals surface area contributed by atoms with E-state index in [0.717, 1.165) is 46.8 Å². The summed E-state index contributed by atoms with van der Waals surface area (Å²) in [7, 11) is 0. The second kappa shape index (κ2) is 10.0. The Morgan fingerprint density at radius 1 is 0.727 bits per heavy atom. The van der Waals surface area contributed by atoms with Crippen molar-refractivity contribution >= 4 is 33.4 Å². The van der Waals surface area contributed by atoms with Crippen LogP contribution in [-0.4, -0.2) is 21.2 Å². The van der Waals surface area contributed by atoms with Crippen LogP contribution in [0, 0.1) is 0 Å². The van der Waals surface area contributed by atoms with Gasteiger partial charge in [-0.15, -0.1) is 0 Å². The lowest BCUT2D eigenvalue weighted by Crippen LogP contribution is -2.01. The number of hydrogen-bond donors (Lipinski definition) is 1. The highest BCUT2D eigenvalue weighted by Gasteiger charge is 2.16. The number of aromatic nitrogens is 1. The van der Waals surface area contributed by atoms with Gasteiger partial charge in [0.1, 0.15) is 5.75 Å². The number of rotatable bonds is 10. The number of fused-ring (bicyclic) bond motifs is 3. The summed E-state index contributed by atoms with van der Waals surface area (Å²) in [6, 6.07) is 18.0. The van der Waals surface area contributed by atoms with Gasteiger partial charge in [-0.2, -0.15) is 0 Å². The Hall–Kier alpha value is -3.40. The van der Waals surface area contributed by atoms with Gasteiger partial charge in [0, 0.05) is 51.5 Å². The first kappa shape index (κ1) is 22.8. The monoisotopic (exact) mass is 441 g/mol. The van der Waals surface area contributed by atoms with Crippen LogP contribution in [0.2, 0.25) is 0 Å². The number of unbranched alkanes of at least 4 members (excludes halogenated alkanes) is 4. The summed E-state index contributed by atoms with van der Waals surface area (Å²) in [4.78, 5) is 25.9. The molecule has 33 heavy (non-hydrogen) atoms. The first-order valence-electron chi connectivity index (χ1n) is 12.0. The van der Waals surface area contributed by atoms with Crippen molar-refractivity contribution in [2.75, 3.05) is 0 Å². The first-order chi connectivity index (χ1) is 16.0. The number of aryl methyl sites for hydroxylation is 1. The molecule has 4 nitrogen and oxygen atoms in total. The number of phenolic OH excluding ortho intramolecular Hbond substituents is 1. The van der Waals surface area contributed by atoms with E-state index < -0.39 is 0 Å². The maximum Gasteiger partial charge on any atom is 0.193 e. The summed E-state index contributed by atoms with van der Waals surface area (Å²) >= 11 is 0. The Morgan fingerprint density at radius 2 is 1.30 bits per heavy atom. The summed E-state index contributed by atoms with van der Waals surface area (Å²) in [5, 5.41) is 11.5. The lowest BCUT2D eigenvalue weighted by Gasteiger charge is -2.05. The number of carbonyl (C=O) groups excluding carboxylic acids is 2. The highest BCUT2D eigenvalue weighted by atomic mass is 16.3. The Balaban J connectivity index is 1.69. The fourth-order valence-corrected chi connectivity index (χ4v) is 4.57. The van der Waals surface area contributed by atoms with Gasteiger partial charge in [-0.3, -0.25) is 9.59 Å². The molecule has 0 atom stereocenters. The molecule has 0 aliphatic carbocycles. The van der Waals surface area contributed by atoms with Gasteiger partial charge in [0.25, 0.3) is 0 Å². The number of hydrogen-bond acceptors (Lipinski definition) is 3. The third-order valence-electron chi connectivity index (χ3n) is 6.40. The van der Waals surface area contributed by atoms with E-state index in [2.05, 4.69) is 18.4 Å². The number of carbonyl (C=O) groups is 2. The summed E-state index contributed by atoms with van der Waals surface area (Å²) in [5.41, 5.74) is 3.99. The molecule has 0 amide bonds. The average Bonchev–Trinajstić information content (AvgIpc) is 3.16. The molecule has 4 heteroatoms. The largest absolute Gasteiger partial charge is 0.508 e. The zero-order chi connectivity index (χ0) is 23.4. The topological polar surface area (TPSA) is 59.3 Å². The van der Waals surface area contributed by atoms with E-state index in [1.54, 1.807) is 12.1 Å². The normalized spacial score (nSPS) is 11.3. The highest BCUT2D eigenvalue weighted by molar-refractivity contribution is 6.15. The van der Waals surface area contributed by atoms with Gasteiger partial charge in [-0.05, 0) is 74.0 Å². The van der Waals surface area contributed by atoms with Gasteiger partial charge in [0.2, 0.25) is 0 Å². The summed E-state index contributed by atoms with van der Waals surface area (Å²) < 4.78 is 2.22. The van der Waals surface area contributed by atoms with E-state index in [9.17, 15) is 14.7 Å². The maximum atomic E-state index is 13.0. The number of aromatic hydroxyl groups is 1. The summed E-state index contributed by atoms with van der Waals surface area (Å²) in [5.74, 6) is 0.228. The van der Waals surface area contributed by atoms with Gasteiger partial charge in [-0.1, -0.05) is 32.6 Å². The van der Waals surface area contributed by atoms with Gasteiger partial charge in [-0.25, -0.2) is 0 Å². The van der Waals surface area contributed by atoms with Crippen molar-refractivity contribution in [1.82, 2.24) is 4.57 Å². The molecule has 0 fully saturated rings. The van der Waals surface area contributed by atoms with Crippen LogP contribution in [0.5, 0.6) is 5.75 Å². The van der Waals surface area contributed by atoms with E-state index in [-0.39, 0.29) is 17.3 Å². The standard InChI is InChI=1S/C29H31NO3/c1-3-5-6-7-8-9-28(32)21-12-16-26-24(18-21)25-19-22(13-17-27(25)30(26)4-2)29(33)20-10-14-23(31)15-11-20/h10-19,31H,3-9H2,1-2H3. The predicted octanol–water partition coefficient (Wildman–Crippen LogP) is 7.29. The molecule has 0 bridgehead atoms. The number of nitrogens with zero attached hydrogens (tertiary/aromatic N) is 1. The molecule has 0 radical (unpaired) electrons. The Morgan fingerprint density at radius 3 is 1.94 bits per heavy atom. The van der Waals surface area contributed by atoms with E-state index in [4.69, 9.17) is 0 Å². The fraction of sp³-hybridized carbons (Fsp3) is 0.310. The quantitative estimate of drug-likeness (QED) is 0.208. The van der Waals surface area contributed by atoms with Crippen LogP contribution in [0.4, 0.5) is 0 Å². The van der Waals surface area contributed by atoms with Gasteiger partial charge >= 0.3 is 0 Å². The zero-order valence-electron chi connectivity index (χ0n) is 19.4. The van der Waals surface area contributed by atoms with Crippen LogP contribution in [-0.2, 0) is 6.54 Å². The smallest absolute Gasteiger partial charge is 0.193 e. The molecule has 0 aliphatic heterocycles. The molecule has 4 rings (SSSR count). The minimum absolute atomic E-state index is 0.0893. The number of phenols is 1. The molecular weight excluding hydrogens is 410 g/mol. The molecule has 3 aromatic carbocycles. The van der Waals surface area contributed by atoms with Gasteiger partial charge in [0.15, 0.2) is 11.6 Å². The summed E-state index contributed by atoms with van der Waals surface area (Å²) in [6.07, 6.45) is 6.21. The van der Waals surface area contributed by atoms with Crippen molar-refractivity contribution in [2.45, 2.75) is 58.9 Å². The molecular formula is C29H31NO3. The van der Waals surface area contributed by atoms with Crippen molar-refractivity contribution < 1.29 is 14.7 Å². The predicted molar refractivity (Wildman–Crippen MR) is 134 cm³/mol. The number of benzene rings is 3. The Kier molecular flexibility index (Phi) is 6.93. The molecule has 0 aliphatic rings. The van der Waals surface area contributed by atoms with Crippen molar-refractivity contribution in [3.8, 4) is 5.75 Å². The van der Waals surface area contributed by atoms with Gasteiger partial charge < -0.3 is 9.67 Å². The minimum Gasteiger partial charge on any atom is -0.508 e. The molecule has 1 aromatic heterocycles. The Labute approximate surface area is 194 Å². The van der Waals surface area contributed by atoms with Crippen molar-refractivity contribution in [3.63, 3.8) is 0 Å². The third kappa shape index (κ3) is 4.70. The van der Waals surface area contributed by atoms with E-state index in [0.29, 0.717) is 17.5 Å². The maximum absolute atomic E-state index is 13.0. The molecule has 0 spiro atoms. The van der Waals surface area contributed by atoms with Crippen LogP contribution in [0.3, 0.4) is 0 Å². The first-order valence-corrected chi connectivity index (χ1v) is 12.0. The molecule has 170 valence electrons. The SMILES string of the molecule is CCCCCCCC(=O)c1ccc2c(c1)c1cc(C(=O)c3ccc(O)cc3)ccc1n2CC. The number of Topliss-reactive ketones (excluding diaryl/α,β-unsaturated/α-hetero) is 1. The fourth-order valence-electron chi connectivity index (χ4n) is 4.57. The Bertz CT molecular complexity index is 1300. The van der Waals surface area contributed by atoms with Crippen LogP contribution >= 0.6 is 0 Å². The van der Waals surface area contributed by atoms with Crippen molar-refractivity contribution in [1.29, 1.82) is 0 Å². The zero-order valence-corrected chi connectivity index (χ0v) is 19.4. The summed E-state index contributed by atoms with van der Waals surface area (Å²) in [6.45, 7) is 5.09.